The summed E-state index contributed by atoms with van der Waals surface area (Å²) in [5.74, 6) is -1.17. The van der Waals surface area contributed by atoms with E-state index in [-0.39, 0.29) is 19.5 Å². The average molecular weight is 439 g/mol. The Kier molecular flexibility index (Phi) is 5.61. The number of sulfone groups is 1. The van der Waals surface area contributed by atoms with E-state index in [9.17, 15) is 22.4 Å². The molecule has 2 N–H and O–H groups in total. The first kappa shape index (κ1) is 21.8. The molecule has 1 aromatic carbocycles. The minimum Gasteiger partial charge on any atom is -0.497 e. The van der Waals surface area contributed by atoms with Crippen LogP contribution in [0.4, 0.5) is 9.18 Å². The van der Waals surface area contributed by atoms with Gasteiger partial charge in [-0.1, -0.05) is 0 Å². The number of aromatic nitrogens is 1. The van der Waals surface area contributed by atoms with Gasteiger partial charge in [-0.05, 0) is 31.5 Å². The van der Waals surface area contributed by atoms with E-state index in [1.807, 2.05) is 0 Å². The van der Waals surface area contributed by atoms with E-state index in [1.165, 1.54) is 41.2 Å². The van der Waals surface area contributed by atoms with Gasteiger partial charge in [0.15, 0.2) is 14.6 Å². The van der Waals surface area contributed by atoms with Crippen LogP contribution in [0.2, 0.25) is 0 Å². The third-order valence-electron chi connectivity index (χ3n) is 5.48. The van der Waals surface area contributed by atoms with Crippen molar-refractivity contribution >= 4 is 21.8 Å². The van der Waals surface area contributed by atoms with E-state index in [2.05, 4.69) is 0 Å². The van der Waals surface area contributed by atoms with Gasteiger partial charge in [-0.2, -0.15) is 0 Å². The molecule has 3 rings (SSSR count). The predicted octanol–water partition coefficient (Wildman–Crippen LogP) is 1.79. The number of nitrogens with zero attached hydrogens (tertiary/aromatic N) is 2. The molecule has 30 heavy (non-hydrogen) atoms. The van der Waals surface area contributed by atoms with Crippen LogP contribution in [0, 0.1) is 5.82 Å². The lowest BCUT2D eigenvalue weighted by Crippen LogP contribution is -2.50. The molecule has 2 heterocycles. The second-order valence-electron chi connectivity index (χ2n) is 7.33. The van der Waals surface area contributed by atoms with Crippen LogP contribution < -0.4 is 10.2 Å². The molecule has 1 aliphatic rings. The third-order valence-corrected chi connectivity index (χ3v) is 7.50. The largest absolute Gasteiger partial charge is 0.497 e. The van der Waals surface area contributed by atoms with Crippen molar-refractivity contribution in [3.63, 3.8) is 0 Å². The molecule has 1 unspecified atom stereocenters. The summed E-state index contributed by atoms with van der Waals surface area (Å²) in [7, 11) is -2.42. The molecule has 0 fully saturated rings. The Morgan fingerprint density at radius 2 is 2.07 bits per heavy atom. The molecular weight excluding hydrogens is 417 g/mol. The van der Waals surface area contributed by atoms with Gasteiger partial charge in [-0.15, -0.1) is 0 Å². The van der Waals surface area contributed by atoms with E-state index >= 15 is 0 Å². The van der Waals surface area contributed by atoms with E-state index < -0.39 is 32.3 Å². The van der Waals surface area contributed by atoms with Gasteiger partial charge in [0.25, 0.3) is 5.91 Å². The van der Waals surface area contributed by atoms with Crippen LogP contribution in [0.5, 0.6) is 5.75 Å². The van der Waals surface area contributed by atoms with Crippen molar-refractivity contribution < 1.29 is 32.3 Å². The maximum Gasteiger partial charge on any atom is 0.328 e. The topological polar surface area (TPSA) is 118 Å². The molecule has 0 spiro atoms. The summed E-state index contributed by atoms with van der Waals surface area (Å²) >= 11 is 0. The number of carbonyl (C=O) groups excluding carboxylic acids is 2. The Labute approximate surface area is 172 Å². The molecule has 162 valence electrons. The Balaban J connectivity index is 1.78. The Bertz CT molecular complexity index is 1110. The highest BCUT2D eigenvalue weighted by Crippen LogP contribution is 2.31. The van der Waals surface area contributed by atoms with Crippen LogP contribution in [0.1, 0.15) is 19.0 Å². The van der Waals surface area contributed by atoms with Crippen LogP contribution in [0.15, 0.2) is 30.5 Å². The summed E-state index contributed by atoms with van der Waals surface area (Å²) in [5.41, 5.74) is 2.84. The fourth-order valence-corrected chi connectivity index (χ4v) is 4.18. The van der Waals surface area contributed by atoms with Gasteiger partial charge in [0.1, 0.15) is 11.6 Å². The zero-order valence-electron chi connectivity index (χ0n) is 16.7. The molecule has 2 aromatic rings. The highest BCUT2D eigenvalue weighted by molar-refractivity contribution is 7.92. The van der Waals surface area contributed by atoms with Gasteiger partial charge >= 0.3 is 6.03 Å². The molecule has 0 saturated carbocycles. The van der Waals surface area contributed by atoms with Crippen molar-refractivity contribution in [2.24, 2.45) is 0 Å². The molecular formula is C19H22FN3O6S. The predicted molar refractivity (Wildman–Crippen MR) is 105 cm³/mol. The van der Waals surface area contributed by atoms with Crippen molar-refractivity contribution in [2.45, 2.75) is 24.6 Å². The number of nitrogens with one attached hydrogen (secondary N) is 1. The quantitative estimate of drug-likeness (QED) is 0.502. The number of fused-ring (bicyclic) bond motifs is 1. The van der Waals surface area contributed by atoms with E-state index in [0.29, 0.717) is 22.6 Å². The van der Waals surface area contributed by atoms with Crippen molar-refractivity contribution in [3.8, 4) is 16.9 Å². The first-order valence-electron chi connectivity index (χ1n) is 9.00. The number of amides is 2. The summed E-state index contributed by atoms with van der Waals surface area (Å²) in [6.45, 7) is 1.35. The van der Waals surface area contributed by atoms with Crippen LogP contribution in [0.3, 0.4) is 0 Å². The van der Waals surface area contributed by atoms with Gasteiger partial charge in [0.05, 0.1) is 13.7 Å². The zero-order valence-corrected chi connectivity index (χ0v) is 17.5. The number of halogens is 1. The standard InChI is InChI=1S/C19H22FN3O6S/c1-19(17(24)21-26,30(3,27)28)6-7-22-11-13-8-12(10-23(13)18(22)25)15-5-4-14(29-2)9-16(15)20/h4-5,8-10,26H,6-7,11H2,1-3H3,(H,21,24). The molecule has 0 saturated heterocycles. The van der Waals surface area contributed by atoms with E-state index in [1.54, 1.807) is 18.2 Å². The first-order chi connectivity index (χ1) is 14.0. The molecule has 1 aromatic heterocycles. The molecule has 0 bridgehead atoms. The molecule has 0 radical (unpaired) electrons. The smallest absolute Gasteiger partial charge is 0.328 e. The highest BCUT2D eigenvalue weighted by Gasteiger charge is 2.44. The van der Waals surface area contributed by atoms with Crippen molar-refractivity contribution in [1.82, 2.24) is 14.9 Å². The van der Waals surface area contributed by atoms with Gasteiger partial charge in [0, 0.05) is 41.9 Å². The number of benzene rings is 1. The maximum atomic E-state index is 14.3. The number of ether oxygens (including phenoxy) is 1. The average Bonchev–Trinajstić information content (AvgIpc) is 3.23. The zero-order chi connectivity index (χ0) is 22.3. The fourth-order valence-electron chi connectivity index (χ4n) is 3.34. The lowest BCUT2D eigenvalue weighted by molar-refractivity contribution is -0.131. The number of methoxy groups -OCH3 is 1. The van der Waals surface area contributed by atoms with Crippen LogP contribution in [-0.4, -0.2) is 59.7 Å². The van der Waals surface area contributed by atoms with E-state index in [4.69, 9.17) is 9.94 Å². The SMILES string of the molecule is COc1ccc(-c2cc3n(c2)C(=O)N(CCC(C)(C(=O)NO)S(C)(=O)=O)C3)c(F)c1. The molecule has 11 heteroatoms. The molecule has 1 aliphatic heterocycles. The van der Waals surface area contributed by atoms with Crippen molar-refractivity contribution in [2.75, 3.05) is 19.9 Å². The number of hydrogen-bond donors (Lipinski definition) is 2. The number of rotatable bonds is 7. The van der Waals surface area contributed by atoms with E-state index in [0.717, 1.165) is 6.26 Å². The van der Waals surface area contributed by atoms with Gasteiger partial charge < -0.3 is 9.64 Å². The normalized spacial score (nSPS) is 15.6. The third kappa shape index (κ3) is 3.65. The number of hydroxylamine groups is 1. The lowest BCUT2D eigenvalue weighted by atomic mass is 10.1. The molecule has 2 amide bonds. The maximum absolute atomic E-state index is 14.3. The first-order valence-corrected chi connectivity index (χ1v) is 10.9. The summed E-state index contributed by atoms with van der Waals surface area (Å²) in [6, 6.07) is 5.70. The minimum atomic E-state index is -3.86. The van der Waals surface area contributed by atoms with Crippen LogP contribution >= 0.6 is 0 Å². The van der Waals surface area contributed by atoms with Gasteiger partial charge in [-0.3, -0.25) is 14.6 Å². The minimum absolute atomic E-state index is 0.0241. The Morgan fingerprint density at radius 3 is 2.60 bits per heavy atom. The summed E-state index contributed by atoms with van der Waals surface area (Å²) in [6.07, 6.45) is 2.21. The van der Waals surface area contributed by atoms with Gasteiger partial charge in [0.2, 0.25) is 0 Å². The highest BCUT2D eigenvalue weighted by atomic mass is 32.2. The molecule has 1 atom stereocenters. The van der Waals surface area contributed by atoms with Crippen molar-refractivity contribution in [3.05, 3.63) is 42.0 Å². The molecule has 0 aliphatic carbocycles. The molecule has 9 nitrogen and oxygen atoms in total. The van der Waals surface area contributed by atoms with Crippen molar-refractivity contribution in [1.29, 1.82) is 0 Å². The summed E-state index contributed by atoms with van der Waals surface area (Å²) < 4.78 is 42.9. The fraction of sp³-hybridized carbons (Fsp3) is 0.368. The van der Waals surface area contributed by atoms with Crippen LogP contribution in [0.25, 0.3) is 11.1 Å². The number of carbonyl (C=O) groups is 2. The lowest BCUT2D eigenvalue weighted by Gasteiger charge is -2.27. The number of hydrogen-bond acceptors (Lipinski definition) is 6. The van der Waals surface area contributed by atoms with Crippen LogP contribution in [-0.2, 0) is 21.2 Å². The monoisotopic (exact) mass is 439 g/mol. The second-order valence-corrected chi connectivity index (χ2v) is 9.78. The second kappa shape index (κ2) is 7.73. The van der Waals surface area contributed by atoms with Gasteiger partial charge in [-0.25, -0.2) is 23.1 Å². The Hall–Kier alpha value is -2.92. The summed E-state index contributed by atoms with van der Waals surface area (Å²) in [4.78, 5) is 26.0. The summed E-state index contributed by atoms with van der Waals surface area (Å²) in [5, 5.41) is 8.89. The Morgan fingerprint density at radius 1 is 1.37 bits per heavy atom.